The molecular formula is C29H26O8. The quantitative estimate of drug-likeness (QED) is 0.451. The van der Waals surface area contributed by atoms with Crippen LogP contribution in [0.4, 0.5) is 0 Å². The number of Topliss-reactive ketones (excluding diaryl/α,β-unsaturated/α-hetero) is 1. The van der Waals surface area contributed by atoms with Crippen LogP contribution in [0.5, 0.6) is 0 Å². The Morgan fingerprint density at radius 1 is 0.757 bits per heavy atom. The first-order chi connectivity index (χ1) is 18.1. The molecule has 190 valence electrons. The summed E-state index contributed by atoms with van der Waals surface area (Å²) in [5.41, 5.74) is 1.40. The lowest BCUT2D eigenvalue weighted by atomic mass is 9.84. The minimum atomic E-state index is -1.59. The zero-order valence-corrected chi connectivity index (χ0v) is 20.0. The maximum Gasteiger partial charge on any atom is 0.338 e. The van der Waals surface area contributed by atoms with Gasteiger partial charge in [0.2, 0.25) is 5.79 Å². The van der Waals surface area contributed by atoms with Gasteiger partial charge in [0.15, 0.2) is 24.1 Å². The van der Waals surface area contributed by atoms with Gasteiger partial charge in [0.25, 0.3) is 0 Å². The van der Waals surface area contributed by atoms with Crippen LogP contribution in [0.15, 0.2) is 91.0 Å². The molecule has 0 amide bonds. The van der Waals surface area contributed by atoms with Crippen LogP contribution < -0.4 is 0 Å². The Kier molecular flexibility index (Phi) is 7.41. The summed E-state index contributed by atoms with van der Waals surface area (Å²) in [6.07, 6.45) is -4.00. The summed E-state index contributed by atoms with van der Waals surface area (Å²) < 4.78 is 29.5. The Balaban J connectivity index is 1.49. The van der Waals surface area contributed by atoms with Gasteiger partial charge < -0.3 is 23.7 Å². The van der Waals surface area contributed by atoms with Crippen molar-refractivity contribution in [1.29, 1.82) is 0 Å². The minimum absolute atomic E-state index is 0.0880. The minimum Gasteiger partial charge on any atom is -0.451 e. The Hall–Kier alpha value is -3.85. The van der Waals surface area contributed by atoms with Crippen LogP contribution >= 0.6 is 0 Å². The fraction of sp³-hybridized carbons (Fsp3) is 0.276. The highest BCUT2D eigenvalue weighted by Gasteiger charge is 2.61. The van der Waals surface area contributed by atoms with E-state index in [1.54, 1.807) is 60.7 Å². The topological polar surface area (TPSA) is 97.4 Å². The van der Waals surface area contributed by atoms with E-state index in [1.807, 2.05) is 30.3 Å². The summed E-state index contributed by atoms with van der Waals surface area (Å²) in [6, 6.07) is 26.0. The summed E-state index contributed by atoms with van der Waals surface area (Å²) >= 11 is 0. The van der Waals surface area contributed by atoms with E-state index in [0.29, 0.717) is 5.56 Å². The zero-order valence-electron chi connectivity index (χ0n) is 20.0. The number of rotatable bonds is 7. The van der Waals surface area contributed by atoms with Gasteiger partial charge in [-0.2, -0.15) is 0 Å². The number of carbonyl (C=O) groups excluding carboxylic acids is 3. The fourth-order valence-electron chi connectivity index (χ4n) is 4.53. The van der Waals surface area contributed by atoms with Crippen LogP contribution in [-0.4, -0.2) is 55.0 Å². The highest BCUT2D eigenvalue weighted by atomic mass is 16.8. The van der Waals surface area contributed by atoms with Crippen molar-refractivity contribution < 1.29 is 38.1 Å². The molecule has 5 rings (SSSR count). The molecule has 37 heavy (non-hydrogen) atoms. The van der Waals surface area contributed by atoms with Crippen LogP contribution in [0.25, 0.3) is 0 Å². The molecule has 1 aliphatic heterocycles. The van der Waals surface area contributed by atoms with Crippen molar-refractivity contribution in [2.45, 2.75) is 37.1 Å². The highest BCUT2D eigenvalue weighted by molar-refractivity contribution is 5.92. The third kappa shape index (κ3) is 5.46. The lowest BCUT2D eigenvalue weighted by molar-refractivity contribution is -0.268. The maximum absolute atomic E-state index is 13.4. The molecular weight excluding hydrogens is 476 g/mol. The van der Waals surface area contributed by atoms with Crippen molar-refractivity contribution in [2.24, 2.45) is 0 Å². The summed E-state index contributed by atoms with van der Waals surface area (Å²) in [7, 11) is 0. The van der Waals surface area contributed by atoms with E-state index >= 15 is 0 Å². The molecule has 0 aromatic heterocycles. The molecule has 0 radical (unpaired) electrons. The molecule has 1 saturated heterocycles. The van der Waals surface area contributed by atoms with Crippen molar-refractivity contribution in [3.8, 4) is 0 Å². The number of benzene rings is 3. The summed E-state index contributed by atoms with van der Waals surface area (Å²) in [4.78, 5) is 39.6. The first-order valence-electron chi connectivity index (χ1n) is 12.0. The van der Waals surface area contributed by atoms with Gasteiger partial charge in [-0.25, -0.2) is 9.59 Å². The third-order valence-corrected chi connectivity index (χ3v) is 6.31. The first kappa shape index (κ1) is 24.8. The molecule has 8 heteroatoms. The summed E-state index contributed by atoms with van der Waals surface area (Å²) in [6.45, 7) is 0.480. The van der Waals surface area contributed by atoms with E-state index < -0.39 is 36.0 Å². The van der Waals surface area contributed by atoms with Crippen LogP contribution in [0, 0.1) is 0 Å². The Morgan fingerprint density at radius 2 is 1.27 bits per heavy atom. The van der Waals surface area contributed by atoms with E-state index in [-0.39, 0.29) is 37.6 Å². The Morgan fingerprint density at radius 3 is 1.84 bits per heavy atom. The molecule has 2 fully saturated rings. The number of esters is 2. The fourth-order valence-corrected chi connectivity index (χ4v) is 4.53. The van der Waals surface area contributed by atoms with Gasteiger partial charge in [-0.15, -0.1) is 0 Å². The standard InChI is InChI=1S/C29H26O8/c30-23-18-29(34-16-17-35-29)26(37-28(32)22-14-8-3-9-15-22)25(36-27(31)21-12-6-2-7-13-21)24(23)33-19-20-10-4-1-5-11-20/h1-15,24-26H,16-19H2/t24-,25+,26-/m0/s1. The largest absolute Gasteiger partial charge is 0.451 e. The molecule has 0 N–H and O–H groups in total. The third-order valence-electron chi connectivity index (χ3n) is 6.31. The average Bonchev–Trinajstić information content (AvgIpc) is 3.40. The Labute approximate surface area is 214 Å². The van der Waals surface area contributed by atoms with E-state index in [2.05, 4.69) is 0 Å². The molecule has 3 atom stereocenters. The smallest absolute Gasteiger partial charge is 0.338 e. The van der Waals surface area contributed by atoms with Crippen molar-refractivity contribution >= 4 is 17.7 Å². The van der Waals surface area contributed by atoms with Gasteiger partial charge in [0.05, 0.1) is 37.4 Å². The molecule has 2 aliphatic rings. The SMILES string of the molecule is O=C(O[C@@H]1[C@@H](OCc2ccccc2)C(=O)CC2(OCCO2)[C@H]1OC(=O)c1ccccc1)c1ccccc1. The lowest BCUT2D eigenvalue weighted by Crippen LogP contribution is -2.64. The predicted octanol–water partition coefficient (Wildman–Crippen LogP) is 3.74. The summed E-state index contributed by atoms with van der Waals surface area (Å²) in [5.74, 6) is -3.32. The zero-order chi connectivity index (χ0) is 25.7. The number of hydrogen-bond acceptors (Lipinski definition) is 8. The molecule has 0 unspecified atom stereocenters. The number of carbonyl (C=O) groups is 3. The van der Waals surface area contributed by atoms with Crippen LogP contribution in [0.3, 0.4) is 0 Å². The molecule has 3 aromatic rings. The van der Waals surface area contributed by atoms with E-state index in [4.69, 9.17) is 23.7 Å². The second-order valence-corrected chi connectivity index (χ2v) is 8.80. The van der Waals surface area contributed by atoms with Gasteiger partial charge in [-0.1, -0.05) is 66.7 Å². The summed E-state index contributed by atoms with van der Waals surface area (Å²) in [5, 5.41) is 0. The van der Waals surface area contributed by atoms with E-state index in [1.165, 1.54) is 0 Å². The number of ether oxygens (including phenoxy) is 5. The van der Waals surface area contributed by atoms with Gasteiger partial charge in [0, 0.05) is 0 Å². The molecule has 1 aliphatic carbocycles. The van der Waals surface area contributed by atoms with Crippen molar-refractivity contribution in [3.05, 3.63) is 108 Å². The van der Waals surface area contributed by atoms with Crippen LogP contribution in [-0.2, 0) is 35.1 Å². The molecule has 8 nitrogen and oxygen atoms in total. The predicted molar refractivity (Wildman–Crippen MR) is 131 cm³/mol. The normalized spacial score (nSPS) is 22.5. The molecule has 1 heterocycles. The lowest BCUT2D eigenvalue weighted by Gasteiger charge is -2.44. The Bertz CT molecular complexity index is 1220. The van der Waals surface area contributed by atoms with Gasteiger partial charge in [-0.05, 0) is 29.8 Å². The van der Waals surface area contributed by atoms with Crippen molar-refractivity contribution in [3.63, 3.8) is 0 Å². The van der Waals surface area contributed by atoms with Crippen molar-refractivity contribution in [1.82, 2.24) is 0 Å². The molecule has 1 saturated carbocycles. The van der Waals surface area contributed by atoms with Gasteiger partial charge in [0.1, 0.15) is 0 Å². The van der Waals surface area contributed by atoms with Crippen LogP contribution in [0.2, 0.25) is 0 Å². The van der Waals surface area contributed by atoms with Gasteiger partial charge in [-0.3, -0.25) is 4.79 Å². The van der Waals surface area contributed by atoms with Crippen molar-refractivity contribution in [2.75, 3.05) is 13.2 Å². The average molecular weight is 503 g/mol. The van der Waals surface area contributed by atoms with E-state index in [9.17, 15) is 14.4 Å². The molecule has 1 spiro atoms. The van der Waals surface area contributed by atoms with E-state index in [0.717, 1.165) is 5.56 Å². The van der Waals surface area contributed by atoms with Crippen LogP contribution in [0.1, 0.15) is 32.7 Å². The maximum atomic E-state index is 13.4. The second-order valence-electron chi connectivity index (χ2n) is 8.80. The van der Waals surface area contributed by atoms with Gasteiger partial charge >= 0.3 is 11.9 Å². The molecule has 0 bridgehead atoms. The second kappa shape index (κ2) is 11.0. The number of ketones is 1. The molecule has 3 aromatic carbocycles. The highest BCUT2D eigenvalue weighted by Crippen LogP contribution is 2.40. The monoisotopic (exact) mass is 502 g/mol. The number of hydrogen-bond donors (Lipinski definition) is 0. The first-order valence-corrected chi connectivity index (χ1v) is 12.0.